The molecule has 1 fully saturated rings. The molecule has 0 aliphatic carbocycles. The number of rotatable bonds is 3. The highest BCUT2D eigenvalue weighted by molar-refractivity contribution is 9.10. The van der Waals surface area contributed by atoms with Gasteiger partial charge in [0, 0.05) is 36.9 Å². The summed E-state index contributed by atoms with van der Waals surface area (Å²) in [4.78, 5) is 6.77. The molecule has 4 nitrogen and oxygen atoms in total. The number of pyridine rings is 1. The number of benzene rings is 1. The Morgan fingerprint density at radius 3 is 2.62 bits per heavy atom. The van der Waals surface area contributed by atoms with Gasteiger partial charge in [-0.25, -0.2) is 9.37 Å². The number of anilines is 1. The zero-order chi connectivity index (χ0) is 17.3. The highest BCUT2D eigenvalue weighted by atomic mass is 79.9. The average Bonchev–Trinajstić information content (AvgIpc) is 2.53. The SMILES string of the molecule is COc1c(Br)cc(F)cc1-c1ccnc(N2C[C@@H](C)N[C@@H](C)C2)c1. The zero-order valence-corrected chi connectivity index (χ0v) is 15.6. The van der Waals surface area contributed by atoms with Gasteiger partial charge in [-0.05, 0) is 59.6 Å². The first-order valence-electron chi connectivity index (χ1n) is 7.98. The Morgan fingerprint density at radius 1 is 1.25 bits per heavy atom. The molecule has 0 amide bonds. The predicted octanol–water partition coefficient (Wildman–Crippen LogP) is 3.85. The molecule has 1 aromatic carbocycles. The van der Waals surface area contributed by atoms with E-state index in [1.807, 2.05) is 12.1 Å². The van der Waals surface area contributed by atoms with E-state index in [9.17, 15) is 4.39 Å². The second kappa shape index (κ2) is 7.07. The lowest BCUT2D eigenvalue weighted by Crippen LogP contribution is -2.54. The predicted molar refractivity (Wildman–Crippen MR) is 98.2 cm³/mol. The smallest absolute Gasteiger partial charge is 0.141 e. The van der Waals surface area contributed by atoms with E-state index in [2.05, 4.69) is 45.0 Å². The van der Waals surface area contributed by atoms with Crippen LogP contribution in [-0.2, 0) is 0 Å². The van der Waals surface area contributed by atoms with Crippen LogP contribution in [0.4, 0.5) is 10.2 Å². The zero-order valence-electron chi connectivity index (χ0n) is 14.0. The lowest BCUT2D eigenvalue weighted by molar-refractivity contribution is 0.405. The minimum atomic E-state index is -0.305. The van der Waals surface area contributed by atoms with E-state index in [1.165, 1.54) is 12.1 Å². The van der Waals surface area contributed by atoms with Gasteiger partial charge in [0.15, 0.2) is 0 Å². The van der Waals surface area contributed by atoms with Crippen molar-refractivity contribution >= 4 is 21.7 Å². The lowest BCUT2D eigenvalue weighted by Gasteiger charge is -2.37. The van der Waals surface area contributed by atoms with Gasteiger partial charge in [0.05, 0.1) is 11.6 Å². The van der Waals surface area contributed by atoms with Gasteiger partial charge in [-0.1, -0.05) is 0 Å². The highest BCUT2D eigenvalue weighted by Crippen LogP contribution is 2.38. The van der Waals surface area contributed by atoms with Crippen LogP contribution in [0.3, 0.4) is 0 Å². The number of hydrogen-bond acceptors (Lipinski definition) is 4. The minimum Gasteiger partial charge on any atom is -0.495 e. The number of nitrogens with one attached hydrogen (secondary N) is 1. The number of aromatic nitrogens is 1. The first kappa shape index (κ1) is 17.2. The van der Waals surface area contributed by atoms with Crippen molar-refractivity contribution in [2.75, 3.05) is 25.1 Å². The summed E-state index contributed by atoms with van der Waals surface area (Å²) in [6, 6.07) is 7.57. The van der Waals surface area contributed by atoms with E-state index in [-0.39, 0.29) is 5.82 Å². The summed E-state index contributed by atoms with van der Waals surface area (Å²) in [5.74, 6) is 1.21. The summed E-state index contributed by atoms with van der Waals surface area (Å²) in [5.41, 5.74) is 1.60. The summed E-state index contributed by atoms with van der Waals surface area (Å²) in [5, 5.41) is 3.51. The fourth-order valence-electron chi connectivity index (χ4n) is 3.25. The molecule has 1 N–H and O–H groups in total. The van der Waals surface area contributed by atoms with E-state index < -0.39 is 0 Å². The fourth-order valence-corrected chi connectivity index (χ4v) is 3.85. The summed E-state index contributed by atoms with van der Waals surface area (Å²) in [7, 11) is 1.59. The number of nitrogens with zero attached hydrogens (tertiary/aromatic N) is 2. The minimum absolute atomic E-state index is 0.305. The summed E-state index contributed by atoms with van der Waals surface area (Å²) in [6.07, 6.45) is 1.76. The normalized spacial score (nSPS) is 21.0. The molecular weight excluding hydrogens is 373 g/mol. The van der Waals surface area contributed by atoms with Crippen LogP contribution in [0.2, 0.25) is 0 Å². The number of piperazine rings is 1. The van der Waals surface area contributed by atoms with E-state index >= 15 is 0 Å². The van der Waals surface area contributed by atoms with Crippen molar-refractivity contribution in [2.24, 2.45) is 0 Å². The van der Waals surface area contributed by atoms with Crippen LogP contribution in [-0.4, -0.2) is 37.3 Å². The van der Waals surface area contributed by atoms with Crippen molar-refractivity contribution in [3.63, 3.8) is 0 Å². The third kappa shape index (κ3) is 3.54. The van der Waals surface area contributed by atoms with Crippen LogP contribution in [0.15, 0.2) is 34.9 Å². The van der Waals surface area contributed by atoms with Crippen LogP contribution in [0.25, 0.3) is 11.1 Å². The topological polar surface area (TPSA) is 37.4 Å². The molecule has 0 bridgehead atoms. The first-order valence-corrected chi connectivity index (χ1v) is 8.77. The molecule has 2 heterocycles. The molecule has 0 saturated carbocycles. The molecule has 128 valence electrons. The van der Waals surface area contributed by atoms with Crippen LogP contribution in [0.5, 0.6) is 5.75 Å². The monoisotopic (exact) mass is 393 g/mol. The fraction of sp³-hybridized carbons (Fsp3) is 0.389. The van der Waals surface area contributed by atoms with Crippen molar-refractivity contribution in [1.82, 2.24) is 10.3 Å². The molecule has 1 aliphatic rings. The Bertz CT molecular complexity index is 730. The van der Waals surface area contributed by atoms with Crippen molar-refractivity contribution in [3.8, 4) is 16.9 Å². The van der Waals surface area contributed by atoms with Crippen LogP contribution >= 0.6 is 15.9 Å². The maximum absolute atomic E-state index is 13.9. The molecule has 1 aromatic heterocycles. The summed E-state index contributed by atoms with van der Waals surface area (Å²) < 4.78 is 19.9. The molecule has 6 heteroatoms. The van der Waals surface area contributed by atoms with Crippen LogP contribution in [0.1, 0.15) is 13.8 Å². The second-order valence-electron chi connectivity index (χ2n) is 6.24. The second-order valence-corrected chi connectivity index (χ2v) is 7.10. The van der Waals surface area contributed by atoms with Gasteiger partial charge < -0.3 is 15.0 Å². The van der Waals surface area contributed by atoms with Crippen molar-refractivity contribution in [1.29, 1.82) is 0 Å². The van der Waals surface area contributed by atoms with Gasteiger partial charge >= 0.3 is 0 Å². The molecule has 2 atom stereocenters. The molecule has 0 unspecified atom stereocenters. The third-order valence-electron chi connectivity index (χ3n) is 4.15. The van der Waals surface area contributed by atoms with Gasteiger partial charge in [-0.15, -0.1) is 0 Å². The van der Waals surface area contributed by atoms with Gasteiger partial charge in [0.25, 0.3) is 0 Å². The molecule has 24 heavy (non-hydrogen) atoms. The molecule has 1 aliphatic heterocycles. The molecule has 2 aromatic rings. The van der Waals surface area contributed by atoms with Gasteiger partial charge in [0.1, 0.15) is 17.4 Å². The van der Waals surface area contributed by atoms with E-state index in [1.54, 1.807) is 13.3 Å². The number of halogens is 2. The van der Waals surface area contributed by atoms with Crippen molar-refractivity contribution in [3.05, 3.63) is 40.8 Å². The van der Waals surface area contributed by atoms with Crippen LogP contribution < -0.4 is 15.0 Å². The Labute approximate surface area is 150 Å². The van der Waals surface area contributed by atoms with E-state index in [4.69, 9.17) is 4.74 Å². The average molecular weight is 394 g/mol. The molecule has 0 spiro atoms. The molecule has 1 saturated heterocycles. The van der Waals surface area contributed by atoms with E-state index in [0.717, 1.165) is 24.5 Å². The number of ether oxygens (including phenoxy) is 1. The summed E-state index contributed by atoms with van der Waals surface area (Å²) >= 11 is 3.37. The molecule has 0 radical (unpaired) electrons. The van der Waals surface area contributed by atoms with Gasteiger partial charge in [-0.3, -0.25) is 0 Å². The van der Waals surface area contributed by atoms with E-state index in [0.29, 0.717) is 27.9 Å². The van der Waals surface area contributed by atoms with Crippen molar-refractivity contribution < 1.29 is 9.13 Å². The Kier molecular flexibility index (Phi) is 5.06. The van der Waals surface area contributed by atoms with Crippen molar-refractivity contribution in [2.45, 2.75) is 25.9 Å². The lowest BCUT2D eigenvalue weighted by atomic mass is 10.0. The Balaban J connectivity index is 2.00. The number of hydrogen-bond donors (Lipinski definition) is 1. The third-order valence-corrected chi connectivity index (χ3v) is 4.74. The summed E-state index contributed by atoms with van der Waals surface area (Å²) in [6.45, 7) is 6.12. The quantitative estimate of drug-likeness (QED) is 0.859. The highest BCUT2D eigenvalue weighted by Gasteiger charge is 2.22. The Morgan fingerprint density at radius 2 is 1.96 bits per heavy atom. The first-order chi connectivity index (χ1) is 11.5. The molecular formula is C18H21BrFN3O. The number of methoxy groups -OCH3 is 1. The van der Waals surface area contributed by atoms with Crippen LogP contribution in [0, 0.1) is 5.82 Å². The largest absolute Gasteiger partial charge is 0.495 e. The van der Waals surface area contributed by atoms with Gasteiger partial charge in [0.2, 0.25) is 0 Å². The maximum atomic E-state index is 13.9. The Hall–Kier alpha value is -1.66. The maximum Gasteiger partial charge on any atom is 0.141 e. The van der Waals surface area contributed by atoms with Gasteiger partial charge in [-0.2, -0.15) is 0 Å². The molecule has 3 rings (SSSR count). The standard InChI is InChI=1S/C18H21BrFN3O/c1-11-9-23(10-12(2)22-11)17-6-13(4-5-21-17)15-7-14(20)8-16(19)18(15)24-3/h4-8,11-12,22H,9-10H2,1-3H3/t11-,12+.